The van der Waals surface area contributed by atoms with Crippen LogP contribution in [0.4, 0.5) is 4.39 Å². The number of halogens is 1. The van der Waals surface area contributed by atoms with Gasteiger partial charge in [0.1, 0.15) is 11.6 Å². The highest BCUT2D eigenvalue weighted by Gasteiger charge is 2.16. The van der Waals surface area contributed by atoms with Gasteiger partial charge in [0.15, 0.2) is 6.10 Å². The molecule has 0 heterocycles. The van der Waals surface area contributed by atoms with Gasteiger partial charge in [-0.15, -0.1) is 0 Å². The number of hydrogen-bond acceptors (Lipinski definition) is 3. The van der Waals surface area contributed by atoms with Gasteiger partial charge in [0.2, 0.25) is 5.78 Å². The van der Waals surface area contributed by atoms with E-state index in [1.807, 2.05) is 0 Å². The lowest BCUT2D eigenvalue weighted by Crippen LogP contribution is -2.23. The van der Waals surface area contributed by atoms with E-state index in [0.29, 0.717) is 11.3 Å². The molecule has 0 bridgehead atoms. The van der Waals surface area contributed by atoms with Gasteiger partial charge in [0.05, 0.1) is 6.61 Å². The molecule has 0 aromatic heterocycles. The Morgan fingerprint density at radius 3 is 2.30 bits per heavy atom. The topological polar surface area (TPSA) is 46.5 Å². The third-order valence-electron chi connectivity index (χ3n) is 2.92. The van der Waals surface area contributed by atoms with Crippen molar-refractivity contribution in [2.45, 2.75) is 19.6 Å². The summed E-state index contributed by atoms with van der Waals surface area (Å²) in [5.74, 6) is -0.0453. The maximum absolute atomic E-state index is 12.8. The Morgan fingerprint density at radius 1 is 1.15 bits per heavy atom. The van der Waals surface area contributed by atoms with Gasteiger partial charge in [-0.1, -0.05) is 12.1 Å². The second kappa shape index (κ2) is 6.30. The van der Waals surface area contributed by atoms with E-state index in [1.54, 1.807) is 31.2 Å². The zero-order chi connectivity index (χ0) is 14.5. The predicted octanol–water partition coefficient (Wildman–Crippen LogP) is 2.97. The smallest absolute Gasteiger partial charge is 0.202 e. The second-order valence-corrected chi connectivity index (χ2v) is 4.43. The molecule has 0 aliphatic rings. The molecule has 0 amide bonds. The molecule has 0 fully saturated rings. The summed E-state index contributed by atoms with van der Waals surface area (Å²) in [4.78, 5) is 12.1. The van der Waals surface area contributed by atoms with Crippen molar-refractivity contribution in [3.63, 3.8) is 0 Å². The first-order chi connectivity index (χ1) is 9.60. The van der Waals surface area contributed by atoms with Gasteiger partial charge < -0.3 is 9.84 Å². The van der Waals surface area contributed by atoms with Crippen LogP contribution in [0.2, 0.25) is 0 Å². The van der Waals surface area contributed by atoms with Crippen molar-refractivity contribution in [1.29, 1.82) is 0 Å². The van der Waals surface area contributed by atoms with Crippen molar-refractivity contribution in [2.24, 2.45) is 0 Å². The zero-order valence-corrected chi connectivity index (χ0v) is 11.0. The minimum absolute atomic E-state index is 0.0374. The lowest BCUT2D eigenvalue weighted by molar-refractivity contribution is 0.0818. The van der Waals surface area contributed by atoms with Crippen LogP contribution >= 0.6 is 0 Å². The number of carbonyl (C=O) groups is 1. The van der Waals surface area contributed by atoms with E-state index in [-0.39, 0.29) is 18.2 Å². The summed E-state index contributed by atoms with van der Waals surface area (Å²) >= 11 is 0. The van der Waals surface area contributed by atoms with Crippen molar-refractivity contribution >= 4 is 5.78 Å². The molecule has 0 radical (unpaired) electrons. The highest BCUT2D eigenvalue weighted by atomic mass is 19.1. The van der Waals surface area contributed by atoms with Crippen molar-refractivity contribution in [2.75, 3.05) is 0 Å². The zero-order valence-electron chi connectivity index (χ0n) is 11.0. The Balaban J connectivity index is 2.04. The Morgan fingerprint density at radius 2 is 1.75 bits per heavy atom. The van der Waals surface area contributed by atoms with E-state index >= 15 is 0 Å². The molecule has 1 N–H and O–H groups in total. The standard InChI is InChI=1S/C16H15FO3/c1-11(16(19)13-4-6-14(17)7-5-13)20-15-8-2-12(10-18)3-9-15/h2-9,11,18H,10H2,1H3. The van der Waals surface area contributed by atoms with Crippen LogP contribution < -0.4 is 4.74 Å². The number of aliphatic hydroxyl groups excluding tert-OH is 1. The average Bonchev–Trinajstić information content (AvgIpc) is 2.48. The summed E-state index contributed by atoms with van der Waals surface area (Å²) in [5, 5.41) is 8.94. The number of aliphatic hydroxyl groups is 1. The Kier molecular flexibility index (Phi) is 4.48. The number of carbonyl (C=O) groups excluding carboxylic acids is 1. The average molecular weight is 274 g/mol. The molecular formula is C16H15FO3. The van der Waals surface area contributed by atoms with Gasteiger partial charge >= 0.3 is 0 Å². The number of Topliss-reactive ketones (excluding diaryl/α,β-unsaturated/α-hetero) is 1. The van der Waals surface area contributed by atoms with Crippen LogP contribution in [0, 0.1) is 5.82 Å². The fraction of sp³-hybridized carbons (Fsp3) is 0.188. The minimum Gasteiger partial charge on any atom is -0.483 e. The summed E-state index contributed by atoms with van der Waals surface area (Å²) in [6, 6.07) is 12.2. The first-order valence-corrected chi connectivity index (χ1v) is 6.26. The van der Waals surface area contributed by atoms with Crippen molar-refractivity contribution < 1.29 is 19.0 Å². The number of rotatable bonds is 5. The summed E-state index contributed by atoms with van der Waals surface area (Å²) in [7, 11) is 0. The van der Waals surface area contributed by atoms with Crippen molar-refractivity contribution in [3.8, 4) is 5.75 Å². The first kappa shape index (κ1) is 14.2. The Labute approximate surface area is 116 Å². The van der Waals surface area contributed by atoms with E-state index in [2.05, 4.69) is 0 Å². The Hall–Kier alpha value is -2.20. The molecule has 2 aromatic carbocycles. The summed E-state index contributed by atoms with van der Waals surface area (Å²) in [6.07, 6.45) is -0.666. The van der Waals surface area contributed by atoms with E-state index < -0.39 is 6.10 Å². The Bertz CT molecular complexity index is 576. The monoisotopic (exact) mass is 274 g/mol. The molecular weight excluding hydrogens is 259 g/mol. The molecule has 0 spiro atoms. The molecule has 3 nitrogen and oxygen atoms in total. The molecule has 0 aliphatic carbocycles. The summed E-state index contributed by atoms with van der Waals surface area (Å²) < 4.78 is 18.3. The van der Waals surface area contributed by atoms with Gasteiger partial charge in [-0.2, -0.15) is 0 Å². The molecule has 4 heteroatoms. The minimum atomic E-state index is -0.666. The van der Waals surface area contributed by atoms with E-state index in [4.69, 9.17) is 9.84 Å². The summed E-state index contributed by atoms with van der Waals surface area (Å²) in [5.41, 5.74) is 1.18. The SMILES string of the molecule is CC(Oc1ccc(CO)cc1)C(=O)c1ccc(F)cc1. The quantitative estimate of drug-likeness (QED) is 0.853. The number of ether oxygens (including phenoxy) is 1. The highest BCUT2D eigenvalue weighted by Crippen LogP contribution is 2.16. The van der Waals surface area contributed by atoms with Gasteiger partial charge in [-0.25, -0.2) is 4.39 Å². The van der Waals surface area contributed by atoms with Crippen molar-refractivity contribution in [1.82, 2.24) is 0 Å². The van der Waals surface area contributed by atoms with E-state index in [0.717, 1.165) is 5.56 Å². The number of benzene rings is 2. The van der Waals surface area contributed by atoms with Crippen LogP contribution in [0.1, 0.15) is 22.8 Å². The fourth-order valence-electron chi connectivity index (χ4n) is 1.78. The molecule has 2 rings (SSSR count). The van der Waals surface area contributed by atoms with Gasteiger partial charge in [0.25, 0.3) is 0 Å². The maximum atomic E-state index is 12.8. The lowest BCUT2D eigenvalue weighted by atomic mass is 10.1. The van der Waals surface area contributed by atoms with Crippen LogP contribution in [0.25, 0.3) is 0 Å². The molecule has 0 saturated heterocycles. The molecule has 1 atom stereocenters. The number of ketones is 1. The molecule has 2 aromatic rings. The fourth-order valence-corrected chi connectivity index (χ4v) is 1.78. The largest absolute Gasteiger partial charge is 0.483 e. The maximum Gasteiger partial charge on any atom is 0.202 e. The molecule has 104 valence electrons. The van der Waals surface area contributed by atoms with Crippen LogP contribution in [0.5, 0.6) is 5.75 Å². The van der Waals surface area contributed by atoms with Gasteiger partial charge in [-0.05, 0) is 48.9 Å². The lowest BCUT2D eigenvalue weighted by Gasteiger charge is -2.14. The third-order valence-corrected chi connectivity index (χ3v) is 2.92. The molecule has 1 unspecified atom stereocenters. The van der Waals surface area contributed by atoms with E-state index in [1.165, 1.54) is 24.3 Å². The third kappa shape index (κ3) is 3.42. The second-order valence-electron chi connectivity index (χ2n) is 4.43. The predicted molar refractivity (Wildman–Crippen MR) is 73.2 cm³/mol. The summed E-state index contributed by atoms with van der Waals surface area (Å²) in [6.45, 7) is 1.61. The van der Waals surface area contributed by atoms with Crippen LogP contribution in [0.3, 0.4) is 0 Å². The van der Waals surface area contributed by atoms with Crippen LogP contribution in [-0.2, 0) is 6.61 Å². The van der Waals surface area contributed by atoms with E-state index in [9.17, 15) is 9.18 Å². The number of hydrogen-bond donors (Lipinski definition) is 1. The molecule has 0 saturated carbocycles. The molecule has 20 heavy (non-hydrogen) atoms. The molecule has 0 aliphatic heterocycles. The first-order valence-electron chi connectivity index (χ1n) is 6.26. The normalized spacial score (nSPS) is 11.9. The van der Waals surface area contributed by atoms with Crippen molar-refractivity contribution in [3.05, 3.63) is 65.5 Å². The van der Waals surface area contributed by atoms with Gasteiger partial charge in [-0.3, -0.25) is 4.79 Å². The van der Waals surface area contributed by atoms with Crippen LogP contribution in [-0.4, -0.2) is 17.0 Å². The highest BCUT2D eigenvalue weighted by molar-refractivity contribution is 5.99. The van der Waals surface area contributed by atoms with Gasteiger partial charge in [0, 0.05) is 5.56 Å². The van der Waals surface area contributed by atoms with Crippen LogP contribution in [0.15, 0.2) is 48.5 Å².